The van der Waals surface area contributed by atoms with E-state index in [0.717, 1.165) is 44.9 Å². The predicted molar refractivity (Wildman–Crippen MR) is 126 cm³/mol. The van der Waals surface area contributed by atoms with E-state index in [4.69, 9.17) is 14.2 Å². The van der Waals surface area contributed by atoms with Gasteiger partial charge < -0.3 is 24.4 Å². The van der Waals surface area contributed by atoms with E-state index in [1.54, 1.807) is 0 Å². The fourth-order valence-corrected chi connectivity index (χ4v) is 9.05. The summed E-state index contributed by atoms with van der Waals surface area (Å²) in [6.07, 6.45) is 5.53. The number of fused-ring (bicyclic) bond motifs is 5. The van der Waals surface area contributed by atoms with Crippen LogP contribution >= 0.6 is 0 Å². The molecule has 7 heteroatoms. The molecule has 0 unspecified atom stereocenters. The summed E-state index contributed by atoms with van der Waals surface area (Å²) >= 11 is 0. The van der Waals surface area contributed by atoms with Crippen molar-refractivity contribution in [3.05, 3.63) is 0 Å². The lowest BCUT2D eigenvalue weighted by Crippen LogP contribution is -2.62. The molecule has 194 valence electrons. The Hall–Kier alpha value is -1.34. The van der Waals surface area contributed by atoms with E-state index < -0.39 is 18.4 Å². The number of aliphatic hydroxyl groups is 2. The lowest BCUT2D eigenvalue weighted by Gasteiger charge is -2.63. The van der Waals surface area contributed by atoms with Crippen molar-refractivity contribution in [1.29, 1.82) is 0 Å². The maximum Gasteiger partial charge on any atom is 0.508 e. The van der Waals surface area contributed by atoms with Crippen molar-refractivity contribution in [2.75, 3.05) is 14.2 Å². The number of esters is 1. The first-order chi connectivity index (χ1) is 16.1. The molecule has 4 fully saturated rings. The number of hydrogen-bond donors (Lipinski definition) is 2. The summed E-state index contributed by atoms with van der Waals surface area (Å²) in [5, 5.41) is 23.1. The molecule has 11 atom stereocenters. The highest BCUT2D eigenvalue weighted by Crippen LogP contribution is 2.68. The van der Waals surface area contributed by atoms with E-state index in [2.05, 4.69) is 20.8 Å². The molecule has 0 amide bonds. The number of hydrogen-bond acceptors (Lipinski definition) is 7. The second-order valence-corrected chi connectivity index (χ2v) is 12.2. The predicted octanol–water partition coefficient (Wildman–Crippen LogP) is 4.33. The van der Waals surface area contributed by atoms with Crippen LogP contribution in [-0.2, 0) is 19.0 Å². The number of rotatable bonds is 5. The summed E-state index contributed by atoms with van der Waals surface area (Å²) in [7, 11) is 2.76. The van der Waals surface area contributed by atoms with Crippen LogP contribution in [0.4, 0.5) is 4.79 Å². The van der Waals surface area contributed by atoms with Crippen LogP contribution in [0.5, 0.6) is 0 Å². The van der Waals surface area contributed by atoms with Gasteiger partial charge in [0.2, 0.25) is 0 Å². The van der Waals surface area contributed by atoms with Crippen molar-refractivity contribution in [3.63, 3.8) is 0 Å². The average Bonchev–Trinajstić information content (AvgIpc) is 3.17. The van der Waals surface area contributed by atoms with Crippen molar-refractivity contribution in [2.24, 2.45) is 46.3 Å². The fraction of sp³-hybridized carbons (Fsp3) is 0.926. The van der Waals surface area contributed by atoms with Crippen LogP contribution in [0, 0.1) is 46.3 Å². The maximum absolute atomic E-state index is 11.7. The smallest absolute Gasteiger partial charge is 0.469 e. The Bertz CT molecular complexity index is 770. The van der Waals surface area contributed by atoms with Crippen LogP contribution in [0.1, 0.15) is 78.6 Å². The summed E-state index contributed by atoms with van der Waals surface area (Å²) < 4.78 is 15.0. The Kier molecular flexibility index (Phi) is 7.27. The zero-order valence-corrected chi connectivity index (χ0v) is 21.5. The zero-order valence-electron chi connectivity index (χ0n) is 21.5. The van der Waals surface area contributed by atoms with Gasteiger partial charge in [-0.3, -0.25) is 4.79 Å². The second kappa shape index (κ2) is 9.61. The molecule has 0 saturated heterocycles. The van der Waals surface area contributed by atoms with Crippen molar-refractivity contribution < 1.29 is 34.0 Å². The van der Waals surface area contributed by atoms with Gasteiger partial charge in [0.05, 0.1) is 26.4 Å². The summed E-state index contributed by atoms with van der Waals surface area (Å²) in [5.41, 5.74) is -0.219. The molecule has 0 spiro atoms. The lowest BCUT2D eigenvalue weighted by molar-refractivity contribution is -0.207. The third-order valence-corrected chi connectivity index (χ3v) is 11.0. The fourth-order valence-electron chi connectivity index (χ4n) is 9.05. The van der Waals surface area contributed by atoms with E-state index >= 15 is 0 Å². The molecule has 0 aromatic rings. The van der Waals surface area contributed by atoms with Crippen LogP contribution in [-0.4, -0.2) is 54.9 Å². The minimum Gasteiger partial charge on any atom is -0.469 e. The average molecular weight is 481 g/mol. The van der Waals surface area contributed by atoms with Gasteiger partial charge >= 0.3 is 12.1 Å². The van der Waals surface area contributed by atoms with Gasteiger partial charge in [0.15, 0.2) is 0 Å². The molecule has 2 N–H and O–H groups in total. The van der Waals surface area contributed by atoms with Gasteiger partial charge in [0, 0.05) is 6.42 Å². The monoisotopic (exact) mass is 480 g/mol. The number of methoxy groups -OCH3 is 2. The normalized spacial score (nSPS) is 46.4. The molecule has 4 aliphatic carbocycles. The summed E-state index contributed by atoms with van der Waals surface area (Å²) in [5.74, 6) is 1.46. The Balaban J connectivity index is 1.53. The topological polar surface area (TPSA) is 102 Å². The molecule has 0 aromatic heterocycles. The molecule has 0 bridgehead atoms. The molecule has 34 heavy (non-hydrogen) atoms. The van der Waals surface area contributed by atoms with Crippen LogP contribution < -0.4 is 0 Å². The maximum atomic E-state index is 11.7. The molecule has 4 aliphatic rings. The molecular weight excluding hydrogens is 436 g/mol. The van der Waals surface area contributed by atoms with Crippen LogP contribution in [0.25, 0.3) is 0 Å². The standard InChI is InChI=1S/C27H44O7/c1-15(6-9-23(30)32-4)18-7-8-19-24-20(14-22(29)27(18,19)3)26(2)11-10-17(34-25(31)33-5)12-16(26)13-21(24)28/h15-22,24,28-29H,6-14H2,1-5H3/t15-,16-,17+,18-,19+,20+,21+,22+,24-,26-,27+/m0/s1. The van der Waals surface area contributed by atoms with Gasteiger partial charge in [-0.15, -0.1) is 0 Å². The van der Waals surface area contributed by atoms with Crippen LogP contribution in [0.3, 0.4) is 0 Å². The summed E-state index contributed by atoms with van der Waals surface area (Å²) in [6, 6.07) is 0. The van der Waals surface area contributed by atoms with Gasteiger partial charge in [0.25, 0.3) is 0 Å². The molecule has 0 heterocycles. The van der Waals surface area contributed by atoms with Gasteiger partial charge in [-0.25, -0.2) is 4.79 Å². The van der Waals surface area contributed by atoms with Crippen LogP contribution in [0.2, 0.25) is 0 Å². The van der Waals surface area contributed by atoms with Gasteiger partial charge in [-0.1, -0.05) is 20.8 Å². The van der Waals surface area contributed by atoms with E-state index in [1.807, 2.05) is 0 Å². The highest BCUT2D eigenvalue weighted by molar-refractivity contribution is 5.69. The number of carbonyl (C=O) groups excluding carboxylic acids is 2. The largest absolute Gasteiger partial charge is 0.508 e. The Morgan fingerprint density at radius 3 is 2.41 bits per heavy atom. The third kappa shape index (κ3) is 4.15. The minimum atomic E-state index is -0.634. The molecule has 0 radical (unpaired) electrons. The SMILES string of the molecule is COC(=O)CC[C@H](C)[C@@H]1CC[C@@H]2[C@@H]3[C@H](O)C[C@@H]4C[C@H](OC(=O)OC)CC[C@]4(C)[C@@H]3C[C@@H](O)[C@@]21C. The van der Waals surface area contributed by atoms with Crippen molar-refractivity contribution >= 4 is 12.1 Å². The first kappa shape index (κ1) is 25.7. The van der Waals surface area contributed by atoms with E-state index in [1.165, 1.54) is 14.2 Å². The van der Waals surface area contributed by atoms with Crippen molar-refractivity contribution in [3.8, 4) is 0 Å². The molecule has 0 aromatic carbocycles. The number of ether oxygens (including phenoxy) is 3. The Morgan fingerprint density at radius 1 is 1.00 bits per heavy atom. The molecule has 0 aliphatic heterocycles. The van der Waals surface area contributed by atoms with Gasteiger partial charge in [-0.2, -0.15) is 0 Å². The highest BCUT2D eigenvalue weighted by atomic mass is 16.7. The van der Waals surface area contributed by atoms with E-state index in [-0.39, 0.29) is 46.6 Å². The van der Waals surface area contributed by atoms with E-state index in [9.17, 15) is 19.8 Å². The van der Waals surface area contributed by atoms with Gasteiger partial charge in [0.1, 0.15) is 6.10 Å². The summed E-state index contributed by atoms with van der Waals surface area (Å²) in [4.78, 5) is 23.4. The Morgan fingerprint density at radius 2 is 1.74 bits per heavy atom. The third-order valence-electron chi connectivity index (χ3n) is 11.0. The molecule has 7 nitrogen and oxygen atoms in total. The Labute approximate surface area is 203 Å². The first-order valence-electron chi connectivity index (χ1n) is 13.2. The van der Waals surface area contributed by atoms with Gasteiger partial charge in [-0.05, 0) is 97.7 Å². The van der Waals surface area contributed by atoms with Crippen molar-refractivity contribution in [2.45, 2.75) is 96.9 Å². The molecule has 4 saturated carbocycles. The molecular formula is C27H44O7. The lowest BCUT2D eigenvalue weighted by atomic mass is 9.43. The minimum absolute atomic E-state index is 0.0246. The zero-order chi connectivity index (χ0) is 24.8. The number of aliphatic hydroxyl groups excluding tert-OH is 2. The molecule has 4 rings (SSSR count). The second-order valence-electron chi connectivity index (χ2n) is 12.2. The first-order valence-corrected chi connectivity index (χ1v) is 13.2. The van der Waals surface area contributed by atoms with Crippen LogP contribution in [0.15, 0.2) is 0 Å². The van der Waals surface area contributed by atoms with E-state index in [0.29, 0.717) is 24.7 Å². The highest BCUT2D eigenvalue weighted by Gasteiger charge is 2.65. The quantitative estimate of drug-likeness (QED) is 0.565. The number of carbonyl (C=O) groups is 2. The van der Waals surface area contributed by atoms with Crippen molar-refractivity contribution in [1.82, 2.24) is 0 Å². The summed E-state index contributed by atoms with van der Waals surface area (Å²) in [6.45, 7) is 6.79.